The van der Waals surface area contributed by atoms with Crippen LogP contribution in [-0.4, -0.2) is 27.6 Å². The average molecular weight is 274 g/mol. The molecule has 6 heteroatoms. The van der Waals surface area contributed by atoms with Crippen LogP contribution >= 0.6 is 0 Å². The molecule has 1 aromatic heterocycles. The molecule has 0 amide bonds. The van der Waals surface area contributed by atoms with E-state index in [1.54, 1.807) is 11.6 Å². The van der Waals surface area contributed by atoms with Gasteiger partial charge in [0.2, 0.25) is 0 Å². The molecule has 1 heterocycles. The maximum Gasteiger partial charge on any atom is 0.360 e. The molecule has 20 heavy (non-hydrogen) atoms. The first-order chi connectivity index (χ1) is 9.76. The van der Waals surface area contributed by atoms with E-state index in [2.05, 4.69) is 10.3 Å². The third-order valence-electron chi connectivity index (χ3n) is 2.95. The molecule has 0 aliphatic carbocycles. The Balaban J connectivity index is 2.10. The van der Waals surface area contributed by atoms with Crippen molar-refractivity contribution in [1.82, 2.24) is 15.0 Å². The molecule has 0 spiro atoms. The summed E-state index contributed by atoms with van der Waals surface area (Å²) in [5.41, 5.74) is 7.71. The highest BCUT2D eigenvalue weighted by Crippen LogP contribution is 2.08. The van der Waals surface area contributed by atoms with E-state index in [1.165, 1.54) is 5.56 Å². The smallest absolute Gasteiger partial charge is 0.360 e. The Morgan fingerprint density at radius 2 is 2.10 bits per heavy atom. The Kier molecular flexibility index (Phi) is 4.84. The molecule has 0 unspecified atom stereocenters. The lowest BCUT2D eigenvalue weighted by atomic mass is 10.1. The second kappa shape index (κ2) is 6.81. The largest absolute Gasteiger partial charge is 0.461 e. The van der Waals surface area contributed by atoms with Crippen molar-refractivity contribution in [2.45, 2.75) is 26.4 Å². The molecule has 2 aromatic rings. The number of hydrogen-bond donors (Lipinski definition) is 1. The van der Waals surface area contributed by atoms with E-state index >= 15 is 0 Å². The topological polar surface area (TPSA) is 83.0 Å². The van der Waals surface area contributed by atoms with E-state index in [-0.39, 0.29) is 12.2 Å². The summed E-state index contributed by atoms with van der Waals surface area (Å²) in [6.45, 7) is 2.89. The van der Waals surface area contributed by atoms with Crippen LogP contribution in [-0.2, 0) is 24.2 Å². The van der Waals surface area contributed by atoms with Crippen LogP contribution in [0.3, 0.4) is 0 Å². The zero-order valence-electron chi connectivity index (χ0n) is 11.5. The van der Waals surface area contributed by atoms with Crippen molar-refractivity contribution in [3.8, 4) is 0 Å². The number of aromatic nitrogens is 3. The third-order valence-corrected chi connectivity index (χ3v) is 2.95. The Bertz CT molecular complexity index is 566. The predicted molar refractivity (Wildman–Crippen MR) is 74.0 cm³/mol. The number of carbonyl (C=O) groups is 1. The van der Waals surface area contributed by atoms with Crippen LogP contribution in [0.25, 0.3) is 0 Å². The molecule has 0 saturated heterocycles. The summed E-state index contributed by atoms with van der Waals surface area (Å²) in [6, 6.07) is 10.1. The molecule has 0 radical (unpaired) electrons. The number of hydrogen-bond acceptors (Lipinski definition) is 5. The molecule has 6 nitrogen and oxygen atoms in total. The number of carbonyl (C=O) groups excluding carboxylic acids is 1. The van der Waals surface area contributed by atoms with Gasteiger partial charge in [-0.05, 0) is 18.9 Å². The molecular formula is C14H18N4O2. The Labute approximate surface area is 117 Å². The standard InChI is InChI=1S/C14H18N4O2/c1-2-20-14(19)13-12(10-15)18(17-16-13)9-8-11-6-4-3-5-7-11/h3-7H,2,8-10,15H2,1H3. The van der Waals surface area contributed by atoms with E-state index < -0.39 is 5.97 Å². The van der Waals surface area contributed by atoms with Crippen LogP contribution in [0.1, 0.15) is 28.7 Å². The zero-order valence-corrected chi connectivity index (χ0v) is 11.5. The average Bonchev–Trinajstić information content (AvgIpc) is 2.89. The van der Waals surface area contributed by atoms with Gasteiger partial charge in [0.25, 0.3) is 0 Å². The van der Waals surface area contributed by atoms with Crippen molar-refractivity contribution in [3.05, 3.63) is 47.3 Å². The summed E-state index contributed by atoms with van der Waals surface area (Å²) in [7, 11) is 0. The zero-order chi connectivity index (χ0) is 14.4. The van der Waals surface area contributed by atoms with Gasteiger partial charge in [0.1, 0.15) is 0 Å². The van der Waals surface area contributed by atoms with Gasteiger partial charge in [0.05, 0.1) is 12.3 Å². The van der Waals surface area contributed by atoms with Gasteiger partial charge in [-0.25, -0.2) is 9.48 Å². The van der Waals surface area contributed by atoms with E-state index in [4.69, 9.17) is 10.5 Å². The van der Waals surface area contributed by atoms with Gasteiger partial charge in [0.15, 0.2) is 5.69 Å². The van der Waals surface area contributed by atoms with Crippen molar-refractivity contribution in [2.24, 2.45) is 5.73 Å². The quantitative estimate of drug-likeness (QED) is 0.799. The predicted octanol–water partition coefficient (Wildman–Crippen LogP) is 1.16. The first kappa shape index (κ1) is 14.2. The van der Waals surface area contributed by atoms with Crippen molar-refractivity contribution in [3.63, 3.8) is 0 Å². The Morgan fingerprint density at radius 3 is 2.75 bits per heavy atom. The molecule has 0 atom stereocenters. The van der Waals surface area contributed by atoms with Gasteiger partial charge in [-0.2, -0.15) is 0 Å². The summed E-state index contributed by atoms with van der Waals surface area (Å²) >= 11 is 0. The van der Waals surface area contributed by atoms with Gasteiger partial charge >= 0.3 is 5.97 Å². The number of benzene rings is 1. The van der Waals surface area contributed by atoms with Crippen LogP contribution in [0.4, 0.5) is 0 Å². The second-order valence-corrected chi connectivity index (χ2v) is 4.27. The number of esters is 1. The first-order valence-corrected chi connectivity index (χ1v) is 6.59. The van der Waals surface area contributed by atoms with Crippen molar-refractivity contribution < 1.29 is 9.53 Å². The van der Waals surface area contributed by atoms with E-state index in [9.17, 15) is 4.79 Å². The molecule has 106 valence electrons. The minimum atomic E-state index is -0.473. The fourth-order valence-electron chi connectivity index (χ4n) is 1.95. The molecule has 0 fully saturated rings. The first-order valence-electron chi connectivity index (χ1n) is 6.59. The summed E-state index contributed by atoms with van der Waals surface area (Å²) in [5.74, 6) is -0.473. The van der Waals surface area contributed by atoms with Crippen molar-refractivity contribution in [2.75, 3.05) is 6.61 Å². The lowest BCUT2D eigenvalue weighted by Gasteiger charge is -2.06. The van der Waals surface area contributed by atoms with Gasteiger partial charge in [0, 0.05) is 13.1 Å². The summed E-state index contributed by atoms with van der Waals surface area (Å²) < 4.78 is 6.60. The lowest BCUT2D eigenvalue weighted by molar-refractivity contribution is 0.0518. The Hall–Kier alpha value is -2.21. The van der Waals surface area contributed by atoms with E-state index in [1.807, 2.05) is 30.3 Å². The highest BCUT2D eigenvalue weighted by molar-refractivity contribution is 5.88. The number of nitrogens with zero attached hydrogens (tertiary/aromatic N) is 3. The number of ether oxygens (including phenoxy) is 1. The van der Waals surface area contributed by atoms with Crippen molar-refractivity contribution >= 4 is 5.97 Å². The highest BCUT2D eigenvalue weighted by Gasteiger charge is 2.19. The number of nitrogens with two attached hydrogens (primary N) is 1. The number of aryl methyl sites for hydroxylation is 2. The maximum absolute atomic E-state index is 11.7. The Morgan fingerprint density at radius 1 is 1.35 bits per heavy atom. The summed E-state index contributed by atoms with van der Waals surface area (Å²) in [4.78, 5) is 11.7. The SMILES string of the molecule is CCOC(=O)c1nnn(CCc2ccccc2)c1CN. The van der Waals surface area contributed by atoms with Gasteiger partial charge in [-0.15, -0.1) is 5.10 Å². The van der Waals surface area contributed by atoms with Crippen molar-refractivity contribution in [1.29, 1.82) is 0 Å². The minimum absolute atomic E-state index is 0.204. The summed E-state index contributed by atoms with van der Waals surface area (Å²) in [6.07, 6.45) is 0.805. The minimum Gasteiger partial charge on any atom is -0.461 e. The van der Waals surface area contributed by atoms with Crippen LogP contribution in [0, 0.1) is 0 Å². The maximum atomic E-state index is 11.7. The fraction of sp³-hybridized carbons (Fsp3) is 0.357. The van der Waals surface area contributed by atoms with E-state index in [0.29, 0.717) is 18.8 Å². The molecule has 1 aromatic carbocycles. The second-order valence-electron chi connectivity index (χ2n) is 4.27. The molecule has 0 aliphatic rings. The number of rotatable bonds is 6. The molecule has 2 rings (SSSR count). The molecule has 0 saturated carbocycles. The third kappa shape index (κ3) is 3.21. The fourth-order valence-corrected chi connectivity index (χ4v) is 1.95. The van der Waals surface area contributed by atoms with Crippen LogP contribution < -0.4 is 5.73 Å². The molecule has 0 aliphatic heterocycles. The van der Waals surface area contributed by atoms with E-state index in [0.717, 1.165) is 6.42 Å². The normalized spacial score (nSPS) is 10.5. The molecule has 0 bridgehead atoms. The van der Waals surface area contributed by atoms with Crippen LogP contribution in [0.15, 0.2) is 30.3 Å². The molecule has 2 N–H and O–H groups in total. The van der Waals surface area contributed by atoms with Gasteiger partial charge in [-0.3, -0.25) is 0 Å². The molecular weight excluding hydrogens is 256 g/mol. The monoisotopic (exact) mass is 274 g/mol. The lowest BCUT2D eigenvalue weighted by Crippen LogP contribution is -2.15. The van der Waals surface area contributed by atoms with Gasteiger partial charge in [-0.1, -0.05) is 35.5 Å². The highest BCUT2D eigenvalue weighted by atomic mass is 16.5. The van der Waals surface area contributed by atoms with Crippen LogP contribution in [0.5, 0.6) is 0 Å². The van der Waals surface area contributed by atoms with Gasteiger partial charge < -0.3 is 10.5 Å². The van der Waals surface area contributed by atoms with Crippen LogP contribution in [0.2, 0.25) is 0 Å². The summed E-state index contributed by atoms with van der Waals surface area (Å²) in [5, 5.41) is 7.87.